The Morgan fingerprint density at radius 2 is 1.62 bits per heavy atom. The monoisotopic (exact) mass is 240 g/mol. The van der Waals surface area contributed by atoms with Gasteiger partial charge in [0.1, 0.15) is 0 Å². The van der Waals surface area contributed by atoms with Gasteiger partial charge in [0.05, 0.1) is 0 Å². The van der Waals surface area contributed by atoms with Gasteiger partial charge in [-0.15, -0.1) is 0 Å². The number of rotatable bonds is 4. The Kier molecular flexibility index (Phi) is 4.51. The van der Waals surface area contributed by atoms with Crippen LogP contribution >= 0.6 is 15.9 Å². The zero-order valence-electron chi connectivity index (χ0n) is 8.39. The molecule has 0 N–H and O–H groups in total. The second-order valence-electron chi connectivity index (χ2n) is 3.85. The van der Waals surface area contributed by atoms with E-state index in [4.69, 9.17) is 0 Å². The molecule has 1 aromatic carbocycles. The average Bonchev–Trinajstić information content (AvgIpc) is 2.08. The minimum absolute atomic E-state index is 0.752. The second-order valence-corrected chi connectivity index (χ2v) is 4.65. The maximum atomic E-state index is 3.44. The first-order chi connectivity index (χ1) is 6.22. The van der Waals surface area contributed by atoms with Crippen molar-refractivity contribution >= 4 is 15.9 Å². The van der Waals surface area contributed by atoms with E-state index in [0.29, 0.717) is 0 Å². The molecule has 0 aliphatic carbocycles. The number of hydrogen-bond donors (Lipinski definition) is 0. The zero-order valence-corrected chi connectivity index (χ0v) is 9.97. The Balaban J connectivity index is 2.59. The minimum Gasteiger partial charge on any atom is -0.0924 e. The molecule has 0 amide bonds. The van der Waals surface area contributed by atoms with Gasteiger partial charge in [-0.2, -0.15) is 0 Å². The lowest BCUT2D eigenvalue weighted by atomic mass is 10.0. The summed E-state index contributed by atoms with van der Waals surface area (Å²) in [6.45, 7) is 4.51. The van der Waals surface area contributed by atoms with Crippen molar-refractivity contribution in [3.8, 4) is 0 Å². The third-order valence-electron chi connectivity index (χ3n) is 2.05. The molecule has 0 aliphatic heterocycles. The largest absolute Gasteiger partial charge is 0.0924 e. The molecule has 0 atom stereocenters. The van der Waals surface area contributed by atoms with E-state index in [1.165, 1.54) is 17.5 Å². The summed E-state index contributed by atoms with van der Waals surface area (Å²) in [5, 5.41) is 1.05. The van der Waals surface area contributed by atoms with Crippen LogP contribution in [0, 0.1) is 5.92 Å². The van der Waals surface area contributed by atoms with Gasteiger partial charge in [0.2, 0.25) is 0 Å². The van der Waals surface area contributed by atoms with Crippen LogP contribution in [-0.2, 0) is 12.8 Å². The summed E-state index contributed by atoms with van der Waals surface area (Å²) in [4.78, 5) is 0. The molecule has 0 radical (unpaired) electrons. The molecule has 0 fully saturated rings. The van der Waals surface area contributed by atoms with Crippen molar-refractivity contribution in [3.63, 3.8) is 0 Å². The zero-order chi connectivity index (χ0) is 9.68. The lowest BCUT2D eigenvalue weighted by molar-refractivity contribution is 0.647. The smallest absolute Gasteiger partial charge is 0.00718 e. The van der Waals surface area contributed by atoms with Gasteiger partial charge in [-0.05, 0) is 29.9 Å². The van der Waals surface area contributed by atoms with Crippen molar-refractivity contribution < 1.29 is 0 Å². The first kappa shape index (κ1) is 10.8. The van der Waals surface area contributed by atoms with Crippen molar-refractivity contribution in [2.75, 3.05) is 5.33 Å². The Labute approximate surface area is 89.5 Å². The van der Waals surface area contributed by atoms with Gasteiger partial charge < -0.3 is 0 Å². The summed E-state index contributed by atoms with van der Waals surface area (Å²) in [7, 11) is 0. The fourth-order valence-electron chi connectivity index (χ4n) is 1.42. The van der Waals surface area contributed by atoms with Crippen LogP contribution in [-0.4, -0.2) is 5.33 Å². The van der Waals surface area contributed by atoms with Crippen molar-refractivity contribution in [3.05, 3.63) is 35.4 Å². The minimum atomic E-state index is 0.752. The number of benzene rings is 1. The van der Waals surface area contributed by atoms with E-state index in [0.717, 1.165) is 17.7 Å². The molecule has 1 aromatic rings. The number of halogens is 1. The highest BCUT2D eigenvalue weighted by atomic mass is 79.9. The fourth-order valence-corrected chi connectivity index (χ4v) is 1.88. The lowest BCUT2D eigenvalue weighted by Crippen LogP contribution is -1.94. The summed E-state index contributed by atoms with van der Waals surface area (Å²) >= 11 is 3.44. The van der Waals surface area contributed by atoms with E-state index in [1.807, 2.05) is 0 Å². The predicted octanol–water partition coefficient (Wildman–Crippen LogP) is 3.82. The molecule has 0 saturated carbocycles. The molecule has 0 heterocycles. The third-order valence-corrected chi connectivity index (χ3v) is 2.45. The van der Waals surface area contributed by atoms with Crippen LogP contribution in [0.3, 0.4) is 0 Å². The summed E-state index contributed by atoms with van der Waals surface area (Å²) in [6, 6.07) is 8.97. The number of aryl methyl sites for hydroxylation is 1. The van der Waals surface area contributed by atoms with E-state index in [2.05, 4.69) is 54.0 Å². The van der Waals surface area contributed by atoms with Gasteiger partial charge in [0, 0.05) is 5.33 Å². The van der Waals surface area contributed by atoms with E-state index in [9.17, 15) is 0 Å². The Hall–Kier alpha value is -0.300. The van der Waals surface area contributed by atoms with Crippen LogP contribution in [0.1, 0.15) is 25.0 Å². The highest BCUT2D eigenvalue weighted by Gasteiger charge is 1.97. The van der Waals surface area contributed by atoms with Crippen LogP contribution in [0.25, 0.3) is 0 Å². The Morgan fingerprint density at radius 3 is 2.08 bits per heavy atom. The van der Waals surface area contributed by atoms with Crippen molar-refractivity contribution in [2.24, 2.45) is 5.92 Å². The molecule has 0 nitrogen and oxygen atoms in total. The van der Waals surface area contributed by atoms with E-state index in [-0.39, 0.29) is 0 Å². The van der Waals surface area contributed by atoms with Crippen LogP contribution in [0.2, 0.25) is 0 Å². The van der Waals surface area contributed by atoms with Crippen molar-refractivity contribution in [1.29, 1.82) is 0 Å². The molecule has 1 heteroatoms. The Bertz CT molecular complexity index is 236. The second kappa shape index (κ2) is 5.43. The first-order valence-electron chi connectivity index (χ1n) is 4.86. The van der Waals surface area contributed by atoms with Crippen LogP contribution in [0.4, 0.5) is 0 Å². The van der Waals surface area contributed by atoms with E-state index in [1.54, 1.807) is 0 Å². The molecule has 0 saturated heterocycles. The first-order valence-corrected chi connectivity index (χ1v) is 5.98. The molecule has 72 valence electrons. The van der Waals surface area contributed by atoms with E-state index < -0.39 is 0 Å². The molecule has 0 bridgehead atoms. The molecule has 0 spiro atoms. The maximum Gasteiger partial charge on any atom is 0.00718 e. The summed E-state index contributed by atoms with van der Waals surface area (Å²) in [5.41, 5.74) is 2.87. The van der Waals surface area contributed by atoms with Crippen LogP contribution in [0.15, 0.2) is 24.3 Å². The summed E-state index contributed by atoms with van der Waals surface area (Å²) in [6.07, 6.45) is 2.32. The summed E-state index contributed by atoms with van der Waals surface area (Å²) in [5.74, 6) is 0.752. The van der Waals surface area contributed by atoms with E-state index >= 15 is 0 Å². The van der Waals surface area contributed by atoms with Crippen molar-refractivity contribution in [1.82, 2.24) is 0 Å². The molecule has 0 unspecified atom stereocenters. The standard InChI is InChI=1S/C12H17Br/c1-10(2)9-12-5-3-11(4-6-12)7-8-13/h3-6,10H,7-9H2,1-2H3. The Morgan fingerprint density at radius 1 is 1.08 bits per heavy atom. The van der Waals surface area contributed by atoms with Gasteiger partial charge in [0.25, 0.3) is 0 Å². The quantitative estimate of drug-likeness (QED) is 0.703. The SMILES string of the molecule is CC(C)Cc1ccc(CCBr)cc1. The average molecular weight is 241 g/mol. The third kappa shape index (κ3) is 3.95. The molecule has 1 rings (SSSR count). The lowest BCUT2D eigenvalue weighted by Gasteiger charge is -2.05. The van der Waals surface area contributed by atoms with Crippen LogP contribution < -0.4 is 0 Å². The molecular formula is C12H17Br. The van der Waals surface area contributed by atoms with Gasteiger partial charge in [-0.1, -0.05) is 54.0 Å². The fraction of sp³-hybridized carbons (Fsp3) is 0.500. The highest BCUT2D eigenvalue weighted by molar-refractivity contribution is 9.09. The molecule has 13 heavy (non-hydrogen) atoms. The molecule has 0 aromatic heterocycles. The molecule has 0 aliphatic rings. The van der Waals surface area contributed by atoms with Gasteiger partial charge in [-0.3, -0.25) is 0 Å². The number of alkyl halides is 1. The normalized spacial score (nSPS) is 10.8. The maximum absolute atomic E-state index is 3.44. The predicted molar refractivity (Wildman–Crippen MR) is 62.5 cm³/mol. The molecular weight excluding hydrogens is 224 g/mol. The van der Waals surface area contributed by atoms with Gasteiger partial charge in [-0.25, -0.2) is 0 Å². The highest BCUT2D eigenvalue weighted by Crippen LogP contribution is 2.10. The van der Waals surface area contributed by atoms with Gasteiger partial charge >= 0.3 is 0 Å². The summed E-state index contributed by atoms with van der Waals surface area (Å²) < 4.78 is 0. The van der Waals surface area contributed by atoms with Crippen molar-refractivity contribution in [2.45, 2.75) is 26.7 Å². The number of hydrogen-bond acceptors (Lipinski definition) is 0. The van der Waals surface area contributed by atoms with Gasteiger partial charge in [0.15, 0.2) is 0 Å². The van der Waals surface area contributed by atoms with Crippen LogP contribution in [0.5, 0.6) is 0 Å². The topological polar surface area (TPSA) is 0 Å².